The van der Waals surface area contributed by atoms with Crippen LogP contribution in [0.5, 0.6) is 5.75 Å². The molecule has 0 atom stereocenters. The monoisotopic (exact) mass is 438 g/mol. The van der Waals surface area contributed by atoms with Crippen LogP contribution in [0.1, 0.15) is 5.82 Å². The van der Waals surface area contributed by atoms with E-state index < -0.39 is 0 Å². The summed E-state index contributed by atoms with van der Waals surface area (Å²) in [6, 6.07) is 11.1. The van der Waals surface area contributed by atoms with Crippen LogP contribution in [-0.4, -0.2) is 34.2 Å². The number of H-pyrrole nitrogens is 1. The van der Waals surface area contributed by atoms with Gasteiger partial charge in [-0.15, -0.1) is 0 Å². The second-order valence-electron chi connectivity index (χ2n) is 4.93. The molecule has 0 aliphatic rings. The van der Waals surface area contributed by atoms with E-state index in [0.717, 1.165) is 3.57 Å². The largest absolute Gasteiger partial charge is 0.484 e. The van der Waals surface area contributed by atoms with Crippen molar-refractivity contribution in [2.24, 2.45) is 0 Å². The molecule has 2 N–H and O–H groups in total. The Morgan fingerprint density at radius 2 is 2.12 bits per heavy atom. The molecule has 0 aliphatic carbocycles. The Morgan fingerprint density at radius 1 is 1.29 bits per heavy atom. The predicted octanol–water partition coefficient (Wildman–Crippen LogP) is 2.41. The average Bonchev–Trinajstić information content (AvgIpc) is 3.25. The Balaban J connectivity index is 1.40. The molecule has 0 radical (unpaired) electrons. The predicted molar refractivity (Wildman–Crippen MR) is 95.5 cm³/mol. The molecule has 0 unspecified atom stereocenters. The highest BCUT2D eigenvalue weighted by molar-refractivity contribution is 14.1. The molecule has 0 saturated heterocycles. The summed E-state index contributed by atoms with van der Waals surface area (Å²) in [7, 11) is 0. The van der Waals surface area contributed by atoms with Gasteiger partial charge in [-0.05, 0) is 59.0 Å². The molecular weight excluding hydrogens is 423 g/mol. The van der Waals surface area contributed by atoms with Crippen molar-refractivity contribution < 1.29 is 13.9 Å². The summed E-state index contributed by atoms with van der Waals surface area (Å²) in [6.07, 6.45) is 2.11. The fourth-order valence-corrected chi connectivity index (χ4v) is 2.33. The average molecular weight is 438 g/mol. The van der Waals surface area contributed by atoms with Crippen molar-refractivity contribution in [3.8, 4) is 17.3 Å². The van der Waals surface area contributed by atoms with Gasteiger partial charge in [0.05, 0.1) is 6.26 Å². The molecule has 2 heterocycles. The van der Waals surface area contributed by atoms with E-state index in [9.17, 15) is 4.79 Å². The molecule has 1 amide bonds. The molecule has 0 saturated carbocycles. The van der Waals surface area contributed by atoms with E-state index in [1.54, 1.807) is 18.4 Å². The van der Waals surface area contributed by atoms with E-state index in [4.69, 9.17) is 9.15 Å². The van der Waals surface area contributed by atoms with E-state index in [1.807, 2.05) is 24.3 Å². The minimum Gasteiger partial charge on any atom is -0.484 e. The highest BCUT2D eigenvalue weighted by Crippen LogP contribution is 2.14. The van der Waals surface area contributed by atoms with E-state index in [0.29, 0.717) is 36.1 Å². The van der Waals surface area contributed by atoms with Gasteiger partial charge in [0.15, 0.2) is 12.4 Å². The summed E-state index contributed by atoms with van der Waals surface area (Å²) < 4.78 is 11.8. The van der Waals surface area contributed by atoms with Gasteiger partial charge in [0, 0.05) is 16.5 Å². The fourth-order valence-electron chi connectivity index (χ4n) is 1.97. The van der Waals surface area contributed by atoms with Crippen molar-refractivity contribution in [3.05, 3.63) is 52.1 Å². The summed E-state index contributed by atoms with van der Waals surface area (Å²) in [6.45, 7) is 0.427. The lowest BCUT2D eigenvalue weighted by atomic mass is 10.3. The third-order valence-electron chi connectivity index (χ3n) is 3.14. The molecular formula is C16H15IN4O3. The molecule has 7 nitrogen and oxygen atoms in total. The first-order valence-corrected chi connectivity index (χ1v) is 8.39. The Kier molecular flexibility index (Phi) is 5.47. The van der Waals surface area contributed by atoms with Crippen LogP contribution in [0.15, 0.2) is 47.1 Å². The van der Waals surface area contributed by atoms with Crippen LogP contribution in [0.2, 0.25) is 0 Å². The van der Waals surface area contributed by atoms with E-state index >= 15 is 0 Å². The van der Waals surface area contributed by atoms with Crippen molar-refractivity contribution >= 4 is 28.5 Å². The lowest BCUT2D eigenvalue weighted by Gasteiger charge is -2.06. The number of carbonyl (C=O) groups excluding carboxylic acids is 1. The zero-order valence-electron chi connectivity index (χ0n) is 12.7. The van der Waals surface area contributed by atoms with E-state index in [2.05, 4.69) is 43.1 Å². The molecule has 8 heteroatoms. The summed E-state index contributed by atoms with van der Waals surface area (Å²) in [4.78, 5) is 16.1. The highest BCUT2D eigenvalue weighted by Gasteiger charge is 2.08. The summed E-state index contributed by atoms with van der Waals surface area (Å²) in [5, 5.41) is 9.68. The van der Waals surface area contributed by atoms with Gasteiger partial charge < -0.3 is 14.5 Å². The molecule has 3 rings (SSSR count). The van der Waals surface area contributed by atoms with E-state index in [-0.39, 0.29) is 12.5 Å². The zero-order valence-corrected chi connectivity index (χ0v) is 14.8. The number of nitrogens with one attached hydrogen (secondary N) is 2. The fraction of sp³-hybridized carbons (Fsp3) is 0.188. The number of hydrogen-bond donors (Lipinski definition) is 2. The third kappa shape index (κ3) is 4.57. The SMILES string of the molecule is O=C(COc1ccc(I)cc1)NCCc1nc(-c2ccco2)n[nH]1. The second kappa shape index (κ2) is 7.95. The molecule has 2 aromatic heterocycles. The van der Waals surface area contributed by atoms with Gasteiger partial charge in [0.25, 0.3) is 5.91 Å². The number of furan rings is 1. The molecule has 24 heavy (non-hydrogen) atoms. The van der Waals surface area contributed by atoms with Gasteiger partial charge in [-0.1, -0.05) is 0 Å². The standard InChI is InChI=1S/C16H15IN4O3/c17-11-3-5-12(6-4-11)24-10-15(22)18-8-7-14-19-16(21-20-14)13-2-1-9-23-13/h1-6,9H,7-8,10H2,(H,18,22)(H,19,20,21). The number of hydrogen-bond acceptors (Lipinski definition) is 5. The smallest absolute Gasteiger partial charge is 0.257 e. The quantitative estimate of drug-likeness (QED) is 0.553. The number of ether oxygens (including phenoxy) is 1. The lowest BCUT2D eigenvalue weighted by Crippen LogP contribution is -2.30. The van der Waals surface area contributed by atoms with Crippen molar-refractivity contribution in [2.45, 2.75) is 6.42 Å². The first kappa shape index (κ1) is 16.5. The normalized spacial score (nSPS) is 10.5. The molecule has 3 aromatic rings. The number of halogens is 1. The van der Waals surface area contributed by atoms with Gasteiger partial charge in [0.2, 0.25) is 5.82 Å². The van der Waals surface area contributed by atoms with Crippen molar-refractivity contribution in [1.29, 1.82) is 0 Å². The van der Waals surface area contributed by atoms with Crippen LogP contribution in [-0.2, 0) is 11.2 Å². The first-order chi connectivity index (χ1) is 11.7. The number of rotatable bonds is 7. The molecule has 0 spiro atoms. The second-order valence-corrected chi connectivity index (χ2v) is 6.17. The number of carbonyl (C=O) groups is 1. The number of aromatic nitrogens is 3. The van der Waals surface area contributed by atoms with Gasteiger partial charge in [0.1, 0.15) is 11.6 Å². The van der Waals surface area contributed by atoms with Crippen molar-refractivity contribution in [1.82, 2.24) is 20.5 Å². The maximum absolute atomic E-state index is 11.8. The minimum absolute atomic E-state index is 0.0192. The van der Waals surface area contributed by atoms with Crippen LogP contribution in [0, 0.1) is 3.57 Å². The summed E-state index contributed by atoms with van der Waals surface area (Å²) >= 11 is 2.21. The van der Waals surface area contributed by atoms with Crippen LogP contribution in [0.4, 0.5) is 0 Å². The first-order valence-electron chi connectivity index (χ1n) is 7.31. The van der Waals surface area contributed by atoms with Gasteiger partial charge in [-0.2, -0.15) is 5.10 Å². The zero-order chi connectivity index (χ0) is 16.8. The number of amides is 1. The van der Waals surface area contributed by atoms with Gasteiger partial charge >= 0.3 is 0 Å². The number of benzene rings is 1. The van der Waals surface area contributed by atoms with Crippen molar-refractivity contribution in [3.63, 3.8) is 0 Å². The molecule has 0 aliphatic heterocycles. The molecule has 0 bridgehead atoms. The third-order valence-corrected chi connectivity index (χ3v) is 3.86. The topological polar surface area (TPSA) is 93.0 Å². The minimum atomic E-state index is -0.181. The summed E-state index contributed by atoms with van der Waals surface area (Å²) in [5.74, 6) is 2.28. The summed E-state index contributed by atoms with van der Waals surface area (Å²) in [5.41, 5.74) is 0. The molecule has 0 fully saturated rings. The maximum atomic E-state index is 11.8. The molecule has 124 valence electrons. The Bertz CT molecular complexity index is 784. The Morgan fingerprint density at radius 3 is 2.88 bits per heavy atom. The van der Waals surface area contributed by atoms with Crippen LogP contribution >= 0.6 is 22.6 Å². The lowest BCUT2D eigenvalue weighted by molar-refractivity contribution is -0.123. The highest BCUT2D eigenvalue weighted by atomic mass is 127. The van der Waals surface area contributed by atoms with E-state index in [1.165, 1.54) is 0 Å². The number of aromatic amines is 1. The van der Waals surface area contributed by atoms with Gasteiger partial charge in [-0.3, -0.25) is 9.89 Å². The Hall–Kier alpha value is -2.36. The van der Waals surface area contributed by atoms with Crippen LogP contribution in [0.25, 0.3) is 11.6 Å². The van der Waals surface area contributed by atoms with Crippen molar-refractivity contribution in [2.75, 3.05) is 13.2 Å². The Labute approximate surface area is 152 Å². The van der Waals surface area contributed by atoms with Crippen LogP contribution < -0.4 is 10.1 Å². The maximum Gasteiger partial charge on any atom is 0.257 e. The van der Waals surface area contributed by atoms with Gasteiger partial charge in [-0.25, -0.2) is 4.98 Å². The molecule has 1 aromatic carbocycles. The van der Waals surface area contributed by atoms with Crippen LogP contribution in [0.3, 0.4) is 0 Å². The number of nitrogens with zero attached hydrogens (tertiary/aromatic N) is 2.